The first kappa shape index (κ1) is 33.1. The van der Waals surface area contributed by atoms with Crippen molar-refractivity contribution in [1.82, 2.24) is 24.8 Å². The molecule has 2 aromatic heterocycles. The molecule has 9 nitrogen and oxygen atoms in total. The van der Waals surface area contributed by atoms with Gasteiger partial charge in [-0.1, -0.05) is 36.4 Å². The molecule has 2 atom stereocenters. The van der Waals surface area contributed by atoms with Gasteiger partial charge in [-0.3, -0.25) is 4.79 Å². The summed E-state index contributed by atoms with van der Waals surface area (Å²) in [5.74, 6) is 0.547. The van der Waals surface area contributed by atoms with Gasteiger partial charge in [0.25, 0.3) is 0 Å². The van der Waals surface area contributed by atoms with Crippen LogP contribution in [0.3, 0.4) is 0 Å². The summed E-state index contributed by atoms with van der Waals surface area (Å²) >= 11 is 0. The Labute approximate surface area is 270 Å². The van der Waals surface area contributed by atoms with E-state index in [0.717, 1.165) is 48.2 Å². The van der Waals surface area contributed by atoms with Crippen molar-refractivity contribution in [2.24, 2.45) is 0 Å². The van der Waals surface area contributed by atoms with Crippen LogP contribution in [-0.4, -0.2) is 69.9 Å². The van der Waals surface area contributed by atoms with Gasteiger partial charge in [-0.05, 0) is 81.8 Å². The van der Waals surface area contributed by atoms with Gasteiger partial charge in [-0.15, -0.1) is 0 Å². The summed E-state index contributed by atoms with van der Waals surface area (Å²) in [4.78, 5) is 37.3. The number of imidazole rings is 1. The Balaban J connectivity index is 1.31. The number of aromatic nitrogens is 3. The number of nitrogens with zero attached hydrogens (tertiary/aromatic N) is 4. The van der Waals surface area contributed by atoms with Crippen molar-refractivity contribution in [1.29, 1.82) is 0 Å². The number of likely N-dealkylation sites (tertiary alicyclic amines) is 1. The lowest BCUT2D eigenvalue weighted by Gasteiger charge is -2.34. The molecule has 0 unspecified atom stereocenters. The molecule has 2 aromatic carbocycles. The Morgan fingerprint density at radius 3 is 2.61 bits per heavy atom. The first-order valence-corrected chi connectivity index (χ1v) is 16.0. The number of halogens is 1. The van der Waals surface area contributed by atoms with Crippen molar-refractivity contribution < 1.29 is 23.5 Å². The average molecular weight is 630 g/mol. The zero-order valence-electron chi connectivity index (χ0n) is 27.2. The molecule has 1 aliphatic heterocycles. The second-order valence-corrected chi connectivity index (χ2v) is 12.9. The number of para-hydroxylation sites is 2. The number of amides is 2. The largest absolute Gasteiger partial charge is 0.444 e. The molecule has 1 saturated heterocycles. The van der Waals surface area contributed by atoms with Crippen LogP contribution in [0.25, 0.3) is 22.2 Å². The van der Waals surface area contributed by atoms with Gasteiger partial charge in [0.1, 0.15) is 11.4 Å². The lowest BCUT2D eigenvalue weighted by atomic mass is 9.95. The van der Waals surface area contributed by atoms with Crippen molar-refractivity contribution in [3.63, 3.8) is 0 Å². The number of pyridine rings is 1. The standard InChI is InChI=1S/C36H44FN5O4/c1-36(2,3)46-35(44)39-28(22-25-14-16-26(17-15-25)29-11-7-18-38-33(29)37)23-32(43)41-19-8-10-27(24-41)34-40-30-12-5-6-13-31(30)42(34)20-9-21-45-4/h5-7,11-18,27-28H,8-10,19-24H2,1-4H3,(H,39,44)/t27-,28-/m1/s1. The summed E-state index contributed by atoms with van der Waals surface area (Å²) in [5, 5.41) is 2.94. The maximum Gasteiger partial charge on any atom is 0.407 e. The van der Waals surface area contributed by atoms with E-state index in [1.165, 1.54) is 6.20 Å². The van der Waals surface area contributed by atoms with Gasteiger partial charge in [0.2, 0.25) is 11.9 Å². The number of aryl methyl sites for hydroxylation is 1. The second kappa shape index (κ2) is 14.9. The fourth-order valence-electron chi connectivity index (χ4n) is 6.12. The molecule has 1 aliphatic rings. The first-order chi connectivity index (χ1) is 22.1. The number of piperidine rings is 1. The number of nitrogens with one attached hydrogen (secondary N) is 1. The van der Waals surface area contributed by atoms with E-state index in [-0.39, 0.29) is 18.2 Å². The molecule has 4 aromatic rings. The SMILES string of the molecule is COCCCn1c([C@@H]2CCCN(C(=O)C[C@@H](Cc3ccc(-c4cccnc4F)cc3)NC(=O)OC(C)(C)C)C2)nc2ccccc21. The number of ether oxygens (including phenoxy) is 2. The van der Waals surface area contributed by atoms with Gasteiger partial charge >= 0.3 is 6.09 Å². The van der Waals surface area contributed by atoms with Crippen molar-refractivity contribution >= 4 is 23.0 Å². The van der Waals surface area contributed by atoms with E-state index < -0.39 is 23.7 Å². The Morgan fingerprint density at radius 1 is 1.09 bits per heavy atom. The van der Waals surface area contributed by atoms with E-state index in [9.17, 15) is 14.0 Å². The predicted octanol–water partition coefficient (Wildman–Crippen LogP) is 6.51. The number of hydrogen-bond donors (Lipinski definition) is 1. The molecule has 1 N–H and O–H groups in total. The van der Waals surface area contributed by atoms with Gasteiger partial charge in [0.15, 0.2) is 0 Å². The van der Waals surface area contributed by atoms with E-state index in [0.29, 0.717) is 37.2 Å². The number of hydrogen-bond acceptors (Lipinski definition) is 6. The zero-order valence-corrected chi connectivity index (χ0v) is 27.2. The Kier molecular flexibility index (Phi) is 10.7. The predicted molar refractivity (Wildman–Crippen MR) is 176 cm³/mol. The van der Waals surface area contributed by atoms with Gasteiger partial charge in [0.05, 0.1) is 11.0 Å². The van der Waals surface area contributed by atoms with Crippen LogP contribution in [0.5, 0.6) is 0 Å². The molecule has 2 amide bonds. The van der Waals surface area contributed by atoms with Crippen LogP contribution >= 0.6 is 0 Å². The monoisotopic (exact) mass is 629 g/mol. The highest BCUT2D eigenvalue weighted by Crippen LogP contribution is 2.30. The minimum Gasteiger partial charge on any atom is -0.444 e. The zero-order chi connectivity index (χ0) is 32.7. The van der Waals surface area contributed by atoms with Crippen LogP contribution in [-0.2, 0) is 27.2 Å². The normalized spacial score (nSPS) is 15.9. The summed E-state index contributed by atoms with van der Waals surface area (Å²) in [6.45, 7) is 8.10. The van der Waals surface area contributed by atoms with Crippen LogP contribution in [0.15, 0.2) is 66.9 Å². The van der Waals surface area contributed by atoms with Crippen molar-refractivity contribution in [2.75, 3.05) is 26.8 Å². The van der Waals surface area contributed by atoms with Crippen molar-refractivity contribution in [2.45, 2.75) is 77.0 Å². The average Bonchev–Trinajstić information content (AvgIpc) is 3.39. The Morgan fingerprint density at radius 2 is 1.87 bits per heavy atom. The van der Waals surface area contributed by atoms with Crippen LogP contribution in [0, 0.1) is 5.95 Å². The van der Waals surface area contributed by atoms with Crippen molar-refractivity contribution in [3.05, 3.63) is 84.2 Å². The second-order valence-electron chi connectivity index (χ2n) is 12.9. The van der Waals surface area contributed by atoms with E-state index in [2.05, 4.69) is 20.9 Å². The third-order valence-corrected chi connectivity index (χ3v) is 8.20. The van der Waals surface area contributed by atoms with Gasteiger partial charge < -0.3 is 24.3 Å². The molecule has 0 spiro atoms. The summed E-state index contributed by atoms with van der Waals surface area (Å²) in [5.41, 5.74) is 3.40. The maximum absolute atomic E-state index is 14.2. The molecule has 244 valence electrons. The van der Waals surface area contributed by atoms with Crippen LogP contribution in [0.2, 0.25) is 0 Å². The minimum atomic E-state index is -0.678. The maximum atomic E-state index is 14.2. The molecule has 5 rings (SSSR count). The first-order valence-electron chi connectivity index (χ1n) is 16.0. The number of fused-ring (bicyclic) bond motifs is 1. The highest BCUT2D eigenvalue weighted by atomic mass is 19.1. The summed E-state index contributed by atoms with van der Waals surface area (Å²) < 4.78 is 27.4. The Bertz CT molecular complexity index is 1630. The topological polar surface area (TPSA) is 98.6 Å². The minimum absolute atomic E-state index is 0.0261. The number of carbonyl (C=O) groups excluding carboxylic acids is 2. The molecule has 0 bridgehead atoms. The number of rotatable bonds is 11. The fourth-order valence-corrected chi connectivity index (χ4v) is 6.12. The summed E-state index contributed by atoms with van der Waals surface area (Å²) in [7, 11) is 1.71. The highest BCUT2D eigenvalue weighted by Gasteiger charge is 2.30. The number of carbonyl (C=O) groups is 2. The molecular weight excluding hydrogens is 585 g/mol. The molecule has 0 radical (unpaired) electrons. The summed E-state index contributed by atoms with van der Waals surface area (Å²) in [6, 6.07) is 18.5. The Hall–Kier alpha value is -4.31. The third kappa shape index (κ3) is 8.48. The van der Waals surface area contributed by atoms with Gasteiger partial charge in [-0.2, -0.15) is 4.39 Å². The van der Waals surface area contributed by atoms with Crippen LogP contribution in [0.4, 0.5) is 9.18 Å². The molecule has 1 fully saturated rings. The van der Waals surface area contributed by atoms with E-state index in [1.54, 1.807) is 40.0 Å². The lowest BCUT2D eigenvalue weighted by Crippen LogP contribution is -2.46. The molecule has 0 aliphatic carbocycles. The smallest absolute Gasteiger partial charge is 0.407 e. The molecule has 46 heavy (non-hydrogen) atoms. The number of benzene rings is 2. The molecule has 0 saturated carbocycles. The summed E-state index contributed by atoms with van der Waals surface area (Å²) in [6.07, 6.45) is 4.06. The molecule has 3 heterocycles. The van der Waals surface area contributed by atoms with Crippen LogP contribution < -0.4 is 5.32 Å². The third-order valence-electron chi connectivity index (χ3n) is 8.20. The van der Waals surface area contributed by atoms with Crippen LogP contribution in [0.1, 0.15) is 63.8 Å². The molecule has 10 heteroatoms. The number of alkyl carbamates (subject to hydrolysis) is 1. The molecular formula is C36H44FN5O4. The highest BCUT2D eigenvalue weighted by molar-refractivity contribution is 5.79. The quantitative estimate of drug-likeness (QED) is 0.150. The van der Waals surface area contributed by atoms with Crippen molar-refractivity contribution in [3.8, 4) is 11.1 Å². The van der Waals surface area contributed by atoms with E-state index >= 15 is 0 Å². The fraction of sp³-hybridized carbons (Fsp3) is 0.444. The van der Waals surface area contributed by atoms with Gasteiger partial charge in [-0.25, -0.2) is 14.8 Å². The van der Waals surface area contributed by atoms with E-state index in [4.69, 9.17) is 14.5 Å². The lowest BCUT2D eigenvalue weighted by molar-refractivity contribution is -0.132. The van der Waals surface area contributed by atoms with Gasteiger partial charge in [0, 0.05) is 63.5 Å². The van der Waals surface area contributed by atoms with E-state index in [1.807, 2.05) is 47.4 Å². The number of methoxy groups -OCH3 is 1.